The van der Waals surface area contributed by atoms with E-state index in [0.29, 0.717) is 5.56 Å². The summed E-state index contributed by atoms with van der Waals surface area (Å²) in [5, 5.41) is 3.20. The molecule has 0 aliphatic heterocycles. The molecule has 0 bridgehead atoms. The van der Waals surface area contributed by atoms with Crippen molar-refractivity contribution < 1.29 is 102 Å². The van der Waals surface area contributed by atoms with Gasteiger partial charge >= 0.3 is 0 Å². The lowest BCUT2D eigenvalue weighted by Crippen LogP contribution is -2.81. The van der Waals surface area contributed by atoms with Crippen molar-refractivity contribution in [2.45, 2.75) is 6.54 Å². The molecular formula is C38H12BF20N5O2. The van der Waals surface area contributed by atoms with Crippen molar-refractivity contribution in [1.29, 1.82) is 0 Å². The maximum Gasteiger partial charge on any atom is 0.227 e. The molecule has 0 aliphatic carbocycles. The van der Waals surface area contributed by atoms with Crippen molar-refractivity contribution in [2.75, 3.05) is 6.54 Å². The number of Topliss-reactive ketones (excluding diaryl/α,β-unsaturated/α-hetero) is 2. The lowest BCUT2D eigenvalue weighted by atomic mass is 9.12. The molecule has 344 valence electrons. The first-order chi connectivity index (χ1) is 30.9. The number of azide groups is 1. The van der Waals surface area contributed by atoms with E-state index in [1.165, 1.54) is 12.4 Å². The second kappa shape index (κ2) is 18.9. The van der Waals surface area contributed by atoms with Crippen LogP contribution in [0.15, 0.2) is 54.0 Å². The third kappa shape index (κ3) is 8.11. The number of carbonyl (C=O) groups is 2. The molecule has 0 aliphatic rings. The van der Waals surface area contributed by atoms with Crippen molar-refractivity contribution in [3.05, 3.63) is 187 Å². The molecule has 0 spiro atoms. The van der Waals surface area contributed by atoms with Gasteiger partial charge in [-0.3, -0.25) is 9.59 Å². The van der Waals surface area contributed by atoms with E-state index < -0.39 is 150 Å². The van der Waals surface area contributed by atoms with Crippen LogP contribution in [0.3, 0.4) is 0 Å². The summed E-state index contributed by atoms with van der Waals surface area (Å²) in [6.07, 6.45) is -2.71. The number of hydrogen-bond acceptors (Lipinski definition) is 4. The van der Waals surface area contributed by atoms with E-state index >= 15 is 35.1 Å². The summed E-state index contributed by atoms with van der Waals surface area (Å²) in [6.45, 7) is -0.186. The van der Waals surface area contributed by atoms with Crippen LogP contribution in [0.1, 0.15) is 20.8 Å². The summed E-state index contributed by atoms with van der Waals surface area (Å²) >= 11 is 0. The number of ketones is 2. The minimum atomic E-state index is -7.22. The van der Waals surface area contributed by atoms with E-state index in [9.17, 15) is 62.3 Å². The Bertz CT molecular complexity index is 2660. The first kappa shape index (κ1) is 49.5. The van der Waals surface area contributed by atoms with Crippen LogP contribution in [-0.4, -0.2) is 29.2 Å². The molecule has 1 heterocycles. The third-order valence-corrected chi connectivity index (χ3v) is 9.45. The predicted octanol–water partition coefficient (Wildman–Crippen LogP) is 7.59. The molecule has 0 radical (unpaired) electrons. The maximum absolute atomic E-state index is 15.4. The zero-order chi connectivity index (χ0) is 49.4. The number of rotatable bonds is 10. The number of carbonyl (C=O) groups excluding carboxylic acids is 2. The second-order valence-corrected chi connectivity index (χ2v) is 13.0. The molecule has 0 atom stereocenters. The van der Waals surface area contributed by atoms with Gasteiger partial charge in [0, 0.05) is 10.5 Å². The monoisotopic (exact) mass is 961 g/mol. The first-order valence-corrected chi connectivity index (χ1v) is 17.1. The fourth-order valence-corrected chi connectivity index (χ4v) is 6.61. The highest BCUT2D eigenvalue weighted by Gasteiger charge is 2.52. The van der Waals surface area contributed by atoms with Gasteiger partial charge in [-0.15, -0.1) is 21.9 Å². The van der Waals surface area contributed by atoms with Crippen molar-refractivity contribution in [3.63, 3.8) is 0 Å². The molecule has 66 heavy (non-hydrogen) atoms. The average molecular weight is 961 g/mol. The fourth-order valence-electron chi connectivity index (χ4n) is 6.61. The summed E-state index contributed by atoms with van der Waals surface area (Å²) in [6, 6.07) is 8.89. The Kier molecular flexibility index (Phi) is 14.2. The highest BCUT2D eigenvalue weighted by Crippen LogP contribution is 2.30. The number of hydrogen-bond donors (Lipinski definition) is 0. The second-order valence-electron chi connectivity index (χ2n) is 13.0. The minimum Gasteiger partial charge on any atom is -0.292 e. The Morgan fingerprint density at radius 1 is 0.485 bits per heavy atom. The fraction of sp³-hybridized carbons (Fsp3) is 0.0526. The molecule has 7 nitrogen and oxygen atoms in total. The normalized spacial score (nSPS) is 11.3. The van der Waals surface area contributed by atoms with Crippen molar-refractivity contribution in [2.24, 2.45) is 5.11 Å². The smallest absolute Gasteiger partial charge is 0.227 e. The number of nitrogens with zero attached hydrogens (tertiary/aromatic N) is 5. The highest BCUT2D eigenvalue weighted by atomic mass is 19.2. The van der Waals surface area contributed by atoms with Crippen LogP contribution in [0.25, 0.3) is 10.4 Å². The Morgan fingerprint density at radius 2 is 0.788 bits per heavy atom. The molecule has 1 aromatic heterocycles. The molecule has 0 amide bonds. The molecule has 0 N–H and O–H groups in total. The maximum atomic E-state index is 15.4. The minimum absolute atomic E-state index is 0.0692. The molecule has 0 unspecified atom stereocenters. The molecular weight excluding hydrogens is 949 g/mol. The van der Waals surface area contributed by atoms with E-state index in [4.69, 9.17) is 5.53 Å². The van der Waals surface area contributed by atoms with Gasteiger partial charge in [-0.2, -0.15) is 4.57 Å². The van der Waals surface area contributed by atoms with Crippen LogP contribution < -0.4 is 26.4 Å². The average Bonchev–Trinajstić information content (AvgIpc) is 3.31. The Morgan fingerprint density at radius 3 is 1.09 bits per heavy atom. The topological polar surface area (TPSA) is 99.7 Å². The number of halogens is 20. The van der Waals surface area contributed by atoms with E-state index in [2.05, 4.69) is 15.0 Å². The summed E-state index contributed by atoms with van der Waals surface area (Å²) in [7, 11) is 0. The molecule has 0 saturated carbocycles. The molecule has 0 fully saturated rings. The van der Waals surface area contributed by atoms with Gasteiger partial charge in [-0.05, 0) is 5.53 Å². The molecule has 6 aromatic rings. The van der Waals surface area contributed by atoms with Gasteiger partial charge in [0.15, 0.2) is 93.7 Å². The largest absolute Gasteiger partial charge is 0.292 e. The van der Waals surface area contributed by atoms with Gasteiger partial charge in [-0.1, -0.05) is 35.4 Å². The lowest BCUT2D eigenvalue weighted by molar-refractivity contribution is -0.683. The van der Waals surface area contributed by atoms with E-state index in [0.717, 1.165) is 0 Å². The van der Waals surface area contributed by atoms with Crippen LogP contribution >= 0.6 is 0 Å². The molecule has 28 heteroatoms. The van der Waals surface area contributed by atoms with E-state index in [1.807, 2.05) is 6.07 Å². The molecule has 6 rings (SSSR count). The van der Waals surface area contributed by atoms with Gasteiger partial charge in [0.05, 0.1) is 12.7 Å². The highest BCUT2D eigenvalue weighted by molar-refractivity contribution is 7.20. The third-order valence-electron chi connectivity index (χ3n) is 9.45. The van der Waals surface area contributed by atoms with Gasteiger partial charge in [0.1, 0.15) is 52.7 Å². The van der Waals surface area contributed by atoms with Crippen LogP contribution in [0.2, 0.25) is 0 Å². The van der Waals surface area contributed by atoms with Crippen LogP contribution in [0.4, 0.5) is 87.8 Å². The SMILES string of the molecule is Fc1c(F)c(F)c([B-](c2c(F)c(F)c(F)c(F)c2F)(c2c(F)c(F)c(F)c(F)c2F)c2c(F)c(F)c(F)c(F)c2F)c(F)c1F.[N-]=[N+]=NCC(=O)c1c[n+](CC(=O)c2ccccc2)ccn1. The Hall–Kier alpha value is -7.51. The summed E-state index contributed by atoms with van der Waals surface area (Å²) in [4.78, 5) is 30.2. The Balaban J connectivity index is 0.000000324. The zero-order valence-corrected chi connectivity index (χ0v) is 31.2. The van der Waals surface area contributed by atoms with E-state index in [1.54, 1.807) is 35.0 Å². The van der Waals surface area contributed by atoms with E-state index in [-0.39, 0.29) is 24.6 Å². The van der Waals surface area contributed by atoms with Gasteiger partial charge in [-0.25, -0.2) is 92.8 Å². The predicted molar refractivity (Wildman–Crippen MR) is 183 cm³/mol. The van der Waals surface area contributed by atoms with Crippen LogP contribution in [0, 0.1) is 116 Å². The first-order valence-electron chi connectivity index (χ1n) is 17.1. The van der Waals surface area contributed by atoms with Crippen LogP contribution in [-0.2, 0) is 6.54 Å². The van der Waals surface area contributed by atoms with Crippen molar-refractivity contribution >= 4 is 39.6 Å². The molecule has 5 aromatic carbocycles. The van der Waals surface area contributed by atoms with Crippen LogP contribution in [0.5, 0.6) is 0 Å². The van der Waals surface area contributed by atoms with Crippen molar-refractivity contribution in [3.8, 4) is 0 Å². The Labute approximate surface area is 351 Å². The molecule has 0 saturated heterocycles. The zero-order valence-electron chi connectivity index (χ0n) is 31.2. The van der Waals surface area contributed by atoms with Crippen molar-refractivity contribution in [1.82, 2.24) is 4.98 Å². The quantitative estimate of drug-likeness (QED) is 0.0163. The lowest BCUT2D eigenvalue weighted by Gasteiger charge is -2.44. The summed E-state index contributed by atoms with van der Waals surface area (Å²) in [5.74, 6) is -71.9. The number of aromatic nitrogens is 2. The van der Waals surface area contributed by atoms with Gasteiger partial charge in [0.2, 0.25) is 12.3 Å². The van der Waals surface area contributed by atoms with Gasteiger partial charge in [0.25, 0.3) is 0 Å². The van der Waals surface area contributed by atoms with Gasteiger partial charge < -0.3 is 0 Å². The standard InChI is InChI=1S/C24BF20.C14H12N5O2/c26-5-1(6(27)14(35)21(42)13(5)34)25(2-7(28)15(36)22(43)16(37)8(2)29,3-9(30)17(38)23(44)18(39)10(3)31)4-11(32)19(40)24(45)20(41)12(4)33;15-18-17-8-13(20)12-9-19(7-6-16-12)10-14(21)11-4-2-1-3-5-11/h;1-7,9H,8,10H2/q-1;+1. The summed E-state index contributed by atoms with van der Waals surface area (Å²) in [5.41, 5.74) is -5.37. The number of benzene rings is 5. The summed E-state index contributed by atoms with van der Waals surface area (Å²) < 4.78 is 296.